The lowest BCUT2D eigenvalue weighted by atomic mass is 9.92. The smallest absolute Gasteiger partial charge is 0.266 e. The van der Waals surface area contributed by atoms with Crippen LogP contribution in [0.2, 0.25) is 25.7 Å². The number of carbonyl (C=O) groups is 1. The first-order valence-electron chi connectivity index (χ1n) is 14.8. The van der Waals surface area contributed by atoms with Crippen molar-refractivity contribution in [1.29, 1.82) is 5.26 Å². The predicted molar refractivity (Wildman–Crippen MR) is 175 cm³/mol. The predicted octanol–water partition coefficient (Wildman–Crippen LogP) is 5.71. The number of sulfonamides is 1. The Morgan fingerprint density at radius 3 is 2.47 bits per heavy atom. The van der Waals surface area contributed by atoms with Gasteiger partial charge in [0.25, 0.3) is 10.0 Å². The number of rotatable bonds is 11. The lowest BCUT2D eigenvalue weighted by molar-refractivity contribution is -0.120. The highest BCUT2D eigenvalue weighted by atomic mass is 32.2. The summed E-state index contributed by atoms with van der Waals surface area (Å²) in [7, 11) is -4.01. The summed E-state index contributed by atoms with van der Waals surface area (Å²) in [5.41, 5.74) is 3.37. The quantitative estimate of drug-likeness (QED) is 0.0882. The van der Waals surface area contributed by atoms with Gasteiger partial charge in [0.05, 0.1) is 40.9 Å². The zero-order valence-corrected chi connectivity index (χ0v) is 27.6. The van der Waals surface area contributed by atoms with Crippen LogP contribution in [0.1, 0.15) is 18.4 Å². The van der Waals surface area contributed by atoms with Crippen LogP contribution in [-0.2, 0) is 25.0 Å². The molecule has 2 aromatic carbocycles. The largest absolute Gasteiger partial charge is 0.479 e. The molecule has 0 unspecified atom stereocenters. The number of nitriles is 1. The van der Waals surface area contributed by atoms with Crippen molar-refractivity contribution >= 4 is 46.3 Å². The normalized spacial score (nSPS) is 15.3. The molecule has 232 valence electrons. The molecule has 1 amide bonds. The highest BCUT2D eigenvalue weighted by Crippen LogP contribution is 2.59. The highest BCUT2D eigenvalue weighted by molar-refractivity contribution is 7.92. The van der Waals surface area contributed by atoms with Gasteiger partial charge in [0, 0.05) is 37.4 Å². The van der Waals surface area contributed by atoms with E-state index in [2.05, 4.69) is 35.7 Å². The third-order valence-electron chi connectivity index (χ3n) is 8.41. The van der Waals surface area contributed by atoms with Gasteiger partial charge in [0.15, 0.2) is 0 Å². The number of methoxy groups -OCH3 is 1. The first kappa shape index (κ1) is 30.7. The van der Waals surface area contributed by atoms with Gasteiger partial charge in [-0.3, -0.25) is 14.7 Å². The zero-order chi connectivity index (χ0) is 32.0. The number of amides is 1. The van der Waals surface area contributed by atoms with Gasteiger partial charge < -0.3 is 9.47 Å². The third kappa shape index (κ3) is 5.56. The van der Waals surface area contributed by atoms with Crippen LogP contribution >= 0.6 is 0 Å². The highest BCUT2D eigenvalue weighted by Gasteiger charge is 2.60. The molecule has 45 heavy (non-hydrogen) atoms. The summed E-state index contributed by atoms with van der Waals surface area (Å²) in [5, 5.41) is 10.2. The average Bonchev–Trinajstić information content (AvgIpc) is 3.80. The van der Waals surface area contributed by atoms with E-state index in [1.54, 1.807) is 48.8 Å². The van der Waals surface area contributed by atoms with Gasteiger partial charge in [-0.05, 0) is 54.8 Å². The number of nitrogens with zero attached hydrogens (tertiary/aromatic N) is 5. The Balaban J connectivity index is 1.45. The molecule has 0 radical (unpaired) electrons. The molecule has 0 N–H and O–H groups in total. The molecule has 0 atom stereocenters. The molecule has 2 aromatic heterocycles. The van der Waals surface area contributed by atoms with Crippen LogP contribution in [0.4, 0.5) is 11.4 Å². The summed E-state index contributed by atoms with van der Waals surface area (Å²) in [5.74, 6) is 0.0908. The van der Waals surface area contributed by atoms with Crippen molar-refractivity contribution in [3.05, 3.63) is 72.6 Å². The van der Waals surface area contributed by atoms with Crippen LogP contribution in [0.5, 0.6) is 5.88 Å². The minimum Gasteiger partial charge on any atom is -0.479 e. The Morgan fingerprint density at radius 2 is 1.80 bits per heavy atom. The average molecular weight is 642 g/mol. The molecular formula is C33H35N5O5SSi. The molecule has 1 aliphatic heterocycles. The fraction of sp³-hybridized carbons (Fsp3) is 0.333. The van der Waals surface area contributed by atoms with E-state index >= 15 is 0 Å². The second-order valence-corrected chi connectivity index (χ2v) is 20.1. The molecule has 2 aliphatic rings. The summed E-state index contributed by atoms with van der Waals surface area (Å²) >= 11 is 0. The van der Waals surface area contributed by atoms with Crippen molar-refractivity contribution in [3.63, 3.8) is 0 Å². The Morgan fingerprint density at radius 1 is 1.04 bits per heavy atom. The Hall–Kier alpha value is -4.31. The number of hydrogen-bond donors (Lipinski definition) is 0. The van der Waals surface area contributed by atoms with Gasteiger partial charge in [-0.25, -0.2) is 17.7 Å². The maximum atomic E-state index is 14.0. The summed E-state index contributed by atoms with van der Waals surface area (Å²) in [6.07, 6.45) is 4.77. The molecule has 1 saturated carbocycles. The monoisotopic (exact) mass is 641 g/mol. The fourth-order valence-corrected chi connectivity index (χ4v) is 7.92. The van der Waals surface area contributed by atoms with Crippen LogP contribution in [-0.4, -0.2) is 59.4 Å². The third-order valence-corrected chi connectivity index (χ3v) is 11.9. The van der Waals surface area contributed by atoms with Crippen LogP contribution < -0.4 is 13.9 Å². The minimum absolute atomic E-state index is 0.0298. The van der Waals surface area contributed by atoms with E-state index < -0.39 is 23.5 Å². The topological polar surface area (TPSA) is 126 Å². The molecule has 3 heterocycles. The van der Waals surface area contributed by atoms with E-state index in [1.807, 2.05) is 18.2 Å². The van der Waals surface area contributed by atoms with Gasteiger partial charge in [0.2, 0.25) is 11.8 Å². The molecule has 1 fully saturated rings. The number of ether oxygens (including phenoxy) is 2. The van der Waals surface area contributed by atoms with Crippen molar-refractivity contribution in [2.24, 2.45) is 0 Å². The number of carbonyl (C=O) groups excluding carboxylic acids is 1. The summed E-state index contributed by atoms with van der Waals surface area (Å²) in [4.78, 5) is 24.1. The Kier molecular flexibility index (Phi) is 7.89. The van der Waals surface area contributed by atoms with Gasteiger partial charge in [-0.1, -0.05) is 43.9 Å². The molecule has 12 heteroatoms. The Bertz CT molecular complexity index is 1940. The lowest BCUT2D eigenvalue weighted by Crippen LogP contribution is -2.34. The first-order valence-corrected chi connectivity index (χ1v) is 20.0. The number of anilines is 2. The summed E-state index contributed by atoms with van der Waals surface area (Å²) in [6.45, 7) is 6.90. The molecule has 1 aliphatic carbocycles. The minimum atomic E-state index is -4.05. The van der Waals surface area contributed by atoms with E-state index in [9.17, 15) is 18.5 Å². The molecular weight excluding hydrogens is 607 g/mol. The lowest BCUT2D eigenvalue weighted by Gasteiger charge is -2.26. The molecule has 0 bridgehead atoms. The number of benzene rings is 2. The molecule has 4 aromatic rings. The summed E-state index contributed by atoms with van der Waals surface area (Å²) < 4.78 is 40.9. The summed E-state index contributed by atoms with van der Waals surface area (Å²) in [6, 6.07) is 18.7. The second-order valence-electron chi connectivity index (χ2n) is 12.6. The number of aromatic nitrogens is 2. The van der Waals surface area contributed by atoms with Gasteiger partial charge in [-0.15, -0.1) is 0 Å². The number of fused-ring (bicyclic) bond motifs is 4. The molecule has 6 rings (SSSR count). The van der Waals surface area contributed by atoms with Crippen LogP contribution in [0.25, 0.3) is 22.0 Å². The second kappa shape index (κ2) is 11.6. The molecule has 0 saturated heterocycles. The number of hydrogen-bond acceptors (Lipinski definition) is 8. The van der Waals surface area contributed by atoms with Crippen molar-refractivity contribution < 1.29 is 22.7 Å². The van der Waals surface area contributed by atoms with Crippen molar-refractivity contribution in [1.82, 2.24) is 9.97 Å². The standard InChI is InChI=1S/C33H35N5O5SSi/c1-42-31-28(38(22-43-16-17-45(2,3)4)44(40,41)25-8-6-5-7-9-25)19-24(20-36-31)23-10-11-27-26(18-23)30-29(21-35-27)37(15-14-34)32(39)33(30)12-13-33/h5-11,18-21H,12-13,15-17,22H2,1-4H3. The van der Waals surface area contributed by atoms with Gasteiger partial charge in [0.1, 0.15) is 19.0 Å². The van der Waals surface area contributed by atoms with E-state index in [0.717, 1.165) is 40.9 Å². The van der Waals surface area contributed by atoms with Crippen LogP contribution in [0, 0.1) is 11.3 Å². The SMILES string of the molecule is COc1ncc(-c2ccc3ncc4c(c3c2)C2(CC2)C(=O)N4CC#N)cc1N(COCC[Si](C)(C)C)S(=O)(=O)c1ccccc1. The number of pyridine rings is 2. The first-order chi connectivity index (χ1) is 21.5. The van der Waals surface area contributed by atoms with E-state index in [4.69, 9.17) is 9.47 Å². The van der Waals surface area contributed by atoms with E-state index in [0.29, 0.717) is 17.9 Å². The molecule has 10 nitrogen and oxygen atoms in total. The van der Waals surface area contributed by atoms with Gasteiger partial charge in [-0.2, -0.15) is 5.26 Å². The zero-order valence-electron chi connectivity index (χ0n) is 25.8. The molecule has 1 spiro atoms. The van der Waals surface area contributed by atoms with Crippen molar-refractivity contribution in [2.75, 3.05) is 36.2 Å². The van der Waals surface area contributed by atoms with Crippen LogP contribution in [0.3, 0.4) is 0 Å². The van der Waals surface area contributed by atoms with E-state index in [1.165, 1.54) is 16.3 Å². The fourth-order valence-electron chi connectivity index (χ4n) is 5.81. The maximum absolute atomic E-state index is 14.0. The van der Waals surface area contributed by atoms with E-state index in [-0.39, 0.29) is 35.6 Å². The maximum Gasteiger partial charge on any atom is 0.266 e. The van der Waals surface area contributed by atoms with Crippen molar-refractivity contribution in [2.45, 2.75) is 48.8 Å². The van der Waals surface area contributed by atoms with Crippen molar-refractivity contribution in [3.8, 4) is 23.1 Å². The van der Waals surface area contributed by atoms with Gasteiger partial charge >= 0.3 is 0 Å². The van der Waals surface area contributed by atoms with Crippen LogP contribution in [0.15, 0.2) is 71.9 Å². The Labute approximate surface area is 264 Å².